The van der Waals surface area contributed by atoms with E-state index in [9.17, 15) is 23.7 Å². The van der Waals surface area contributed by atoms with Crippen molar-refractivity contribution in [2.75, 3.05) is 0 Å². The van der Waals surface area contributed by atoms with Gasteiger partial charge in [0.25, 0.3) is 0 Å². The number of nitro benzene ring substituents is 1. The van der Waals surface area contributed by atoms with Crippen LogP contribution in [0.15, 0.2) is 12.1 Å². The lowest BCUT2D eigenvalue weighted by Gasteiger charge is -2.09. The van der Waals surface area contributed by atoms with Gasteiger partial charge < -0.3 is 9.84 Å². The molecular formula is C9H6ClF2NO5. The smallest absolute Gasteiger partial charge is 0.387 e. The Morgan fingerprint density at radius 3 is 2.56 bits per heavy atom. The van der Waals surface area contributed by atoms with Gasteiger partial charge in [-0.15, -0.1) is 11.6 Å². The first kappa shape index (κ1) is 14.1. The second kappa shape index (κ2) is 5.58. The number of hydrogen-bond donors (Lipinski definition) is 1. The topological polar surface area (TPSA) is 89.7 Å². The Morgan fingerprint density at radius 1 is 1.56 bits per heavy atom. The standard InChI is InChI=1S/C9H6ClF2NO5/c10-3-5-1-4(8(14)15)2-6(18-9(11)12)7(5)13(16)17/h1-2,9H,3H2,(H,14,15). The molecule has 0 aliphatic carbocycles. The third-order valence-corrected chi connectivity index (χ3v) is 2.23. The summed E-state index contributed by atoms with van der Waals surface area (Å²) in [5.74, 6) is -2.67. The maximum atomic E-state index is 12.1. The molecular weight excluding hydrogens is 276 g/mol. The van der Waals surface area contributed by atoms with Gasteiger partial charge in [-0.25, -0.2) is 4.79 Å². The van der Waals surface area contributed by atoms with Gasteiger partial charge in [0.05, 0.1) is 16.4 Å². The molecule has 1 N–H and O–H groups in total. The molecule has 0 fully saturated rings. The van der Waals surface area contributed by atoms with E-state index in [1.54, 1.807) is 0 Å². The van der Waals surface area contributed by atoms with Gasteiger partial charge in [0.2, 0.25) is 5.75 Å². The van der Waals surface area contributed by atoms with Gasteiger partial charge in [-0.2, -0.15) is 8.78 Å². The number of ether oxygens (including phenoxy) is 1. The van der Waals surface area contributed by atoms with Crippen LogP contribution in [0.25, 0.3) is 0 Å². The molecule has 0 radical (unpaired) electrons. The lowest BCUT2D eigenvalue weighted by molar-refractivity contribution is -0.387. The van der Waals surface area contributed by atoms with Crippen molar-refractivity contribution in [3.05, 3.63) is 33.4 Å². The molecule has 0 aliphatic heterocycles. The van der Waals surface area contributed by atoms with Crippen LogP contribution in [0.2, 0.25) is 0 Å². The van der Waals surface area contributed by atoms with Gasteiger partial charge in [0.1, 0.15) is 0 Å². The molecule has 9 heteroatoms. The largest absolute Gasteiger partial charge is 0.478 e. The zero-order valence-electron chi connectivity index (χ0n) is 8.60. The Labute approximate surface area is 104 Å². The molecule has 0 amide bonds. The Morgan fingerprint density at radius 2 is 2.17 bits per heavy atom. The molecule has 0 saturated heterocycles. The number of nitro groups is 1. The molecule has 0 saturated carbocycles. The number of hydrogen-bond acceptors (Lipinski definition) is 4. The first-order chi connectivity index (χ1) is 8.36. The van der Waals surface area contributed by atoms with E-state index in [4.69, 9.17) is 16.7 Å². The van der Waals surface area contributed by atoms with E-state index in [-0.39, 0.29) is 5.56 Å². The first-order valence-corrected chi connectivity index (χ1v) is 4.95. The lowest BCUT2D eigenvalue weighted by Crippen LogP contribution is -2.08. The average Bonchev–Trinajstić information content (AvgIpc) is 2.26. The number of halogens is 3. The number of carboxylic acids is 1. The molecule has 0 bridgehead atoms. The Balaban J connectivity index is 3.46. The van der Waals surface area contributed by atoms with Gasteiger partial charge in [0.15, 0.2) is 0 Å². The summed E-state index contributed by atoms with van der Waals surface area (Å²) in [5, 5.41) is 19.5. The highest BCUT2D eigenvalue weighted by Gasteiger charge is 2.25. The molecule has 6 nitrogen and oxygen atoms in total. The number of carboxylic acid groups (broad SMARTS) is 1. The zero-order valence-corrected chi connectivity index (χ0v) is 9.36. The minimum atomic E-state index is -3.31. The number of benzene rings is 1. The fourth-order valence-corrected chi connectivity index (χ4v) is 1.49. The summed E-state index contributed by atoms with van der Waals surface area (Å²) >= 11 is 5.42. The van der Waals surface area contributed by atoms with Crippen molar-refractivity contribution >= 4 is 23.3 Å². The molecule has 0 aromatic heterocycles. The van der Waals surface area contributed by atoms with Crippen LogP contribution in [0, 0.1) is 10.1 Å². The van der Waals surface area contributed by atoms with Gasteiger partial charge in [-0.05, 0) is 6.07 Å². The molecule has 1 rings (SSSR count). The first-order valence-electron chi connectivity index (χ1n) is 4.42. The average molecular weight is 282 g/mol. The van der Waals surface area contributed by atoms with Crippen molar-refractivity contribution in [1.82, 2.24) is 0 Å². The third kappa shape index (κ3) is 3.04. The van der Waals surface area contributed by atoms with Crippen LogP contribution in [0.3, 0.4) is 0 Å². The highest BCUT2D eigenvalue weighted by atomic mass is 35.5. The number of rotatable bonds is 5. The van der Waals surface area contributed by atoms with Crippen LogP contribution in [0.1, 0.15) is 15.9 Å². The highest BCUT2D eigenvalue weighted by molar-refractivity contribution is 6.17. The second-order valence-electron chi connectivity index (χ2n) is 3.06. The van der Waals surface area contributed by atoms with Crippen LogP contribution in [0.4, 0.5) is 14.5 Å². The predicted octanol–water partition coefficient (Wildman–Crippen LogP) is 2.63. The van der Waals surface area contributed by atoms with E-state index in [0.29, 0.717) is 6.07 Å². The van der Waals surface area contributed by atoms with Crippen molar-refractivity contribution in [3.8, 4) is 5.75 Å². The van der Waals surface area contributed by atoms with Gasteiger partial charge in [0, 0.05) is 11.6 Å². The van der Waals surface area contributed by atoms with Crippen LogP contribution in [0.5, 0.6) is 5.75 Å². The molecule has 0 heterocycles. The number of aromatic carboxylic acids is 1. The van der Waals surface area contributed by atoms with E-state index in [1.165, 1.54) is 0 Å². The summed E-state index contributed by atoms with van der Waals surface area (Å²) in [7, 11) is 0. The van der Waals surface area contributed by atoms with Crippen LogP contribution >= 0.6 is 11.6 Å². The van der Waals surface area contributed by atoms with Crippen LogP contribution in [-0.4, -0.2) is 22.6 Å². The monoisotopic (exact) mass is 281 g/mol. The van der Waals surface area contributed by atoms with Crippen LogP contribution < -0.4 is 4.74 Å². The minimum absolute atomic E-state index is 0.211. The summed E-state index contributed by atoms with van der Waals surface area (Å²) in [6.45, 7) is -3.31. The predicted molar refractivity (Wildman–Crippen MR) is 56.2 cm³/mol. The lowest BCUT2D eigenvalue weighted by atomic mass is 10.1. The SMILES string of the molecule is O=C(O)c1cc(CCl)c([N+](=O)[O-])c(OC(F)F)c1. The Hall–Kier alpha value is -1.96. The summed E-state index contributed by atoms with van der Waals surface area (Å²) in [4.78, 5) is 20.5. The Bertz CT molecular complexity index is 494. The Kier molecular flexibility index (Phi) is 4.38. The van der Waals surface area contributed by atoms with Crippen molar-refractivity contribution in [2.45, 2.75) is 12.5 Å². The molecule has 1 aromatic carbocycles. The van der Waals surface area contributed by atoms with Gasteiger partial charge >= 0.3 is 18.3 Å². The normalized spacial score (nSPS) is 10.4. The van der Waals surface area contributed by atoms with Gasteiger partial charge in [-0.1, -0.05) is 0 Å². The molecule has 1 aromatic rings. The van der Waals surface area contributed by atoms with Crippen LogP contribution in [-0.2, 0) is 5.88 Å². The fraction of sp³-hybridized carbons (Fsp3) is 0.222. The van der Waals surface area contributed by atoms with E-state index < -0.39 is 40.4 Å². The van der Waals surface area contributed by atoms with Crippen molar-refractivity contribution < 1.29 is 28.3 Å². The summed E-state index contributed by atoms with van der Waals surface area (Å²) in [6, 6.07) is 1.59. The van der Waals surface area contributed by atoms with Crippen molar-refractivity contribution in [1.29, 1.82) is 0 Å². The maximum Gasteiger partial charge on any atom is 0.387 e. The quantitative estimate of drug-likeness (QED) is 0.509. The van der Waals surface area contributed by atoms with Crippen molar-refractivity contribution in [2.24, 2.45) is 0 Å². The number of carbonyl (C=O) groups is 1. The summed E-state index contributed by atoms with van der Waals surface area (Å²) < 4.78 is 28.2. The molecule has 0 aliphatic rings. The highest BCUT2D eigenvalue weighted by Crippen LogP contribution is 2.34. The van der Waals surface area contributed by atoms with E-state index in [0.717, 1.165) is 6.07 Å². The fourth-order valence-electron chi connectivity index (χ4n) is 1.28. The molecule has 0 unspecified atom stereocenters. The summed E-state index contributed by atoms with van der Waals surface area (Å²) in [6.07, 6.45) is 0. The van der Waals surface area contributed by atoms with Gasteiger partial charge in [-0.3, -0.25) is 10.1 Å². The van der Waals surface area contributed by atoms with E-state index in [2.05, 4.69) is 4.74 Å². The molecule has 18 heavy (non-hydrogen) atoms. The second-order valence-corrected chi connectivity index (χ2v) is 3.32. The minimum Gasteiger partial charge on any atom is -0.478 e. The third-order valence-electron chi connectivity index (χ3n) is 1.94. The van der Waals surface area contributed by atoms with Crippen molar-refractivity contribution in [3.63, 3.8) is 0 Å². The number of nitrogens with zero attached hydrogens (tertiary/aromatic N) is 1. The molecule has 98 valence electrons. The molecule has 0 atom stereocenters. The zero-order chi connectivity index (χ0) is 13.9. The number of alkyl halides is 3. The van der Waals surface area contributed by atoms with E-state index in [1.807, 2.05) is 0 Å². The van der Waals surface area contributed by atoms with E-state index >= 15 is 0 Å². The maximum absolute atomic E-state index is 12.1. The summed E-state index contributed by atoms with van der Waals surface area (Å²) in [5.41, 5.74) is -1.40. The molecule has 0 spiro atoms.